The van der Waals surface area contributed by atoms with Crippen molar-refractivity contribution < 1.29 is 0 Å². The summed E-state index contributed by atoms with van der Waals surface area (Å²) < 4.78 is 0. The quantitative estimate of drug-likeness (QED) is 0.563. The molecule has 3 aromatic carbocycles. The van der Waals surface area contributed by atoms with E-state index in [2.05, 4.69) is 85.8 Å². The Bertz CT molecular complexity index is 531. The van der Waals surface area contributed by atoms with Gasteiger partial charge in [-0.2, -0.15) is 0 Å². The van der Waals surface area contributed by atoms with E-state index in [1.54, 1.807) is 0 Å². The summed E-state index contributed by atoms with van der Waals surface area (Å²) in [4.78, 5) is 0. The first-order valence-corrected chi connectivity index (χ1v) is 6.88. The van der Waals surface area contributed by atoms with Crippen LogP contribution in [-0.2, 0) is 6.42 Å². The molecule has 0 atom stereocenters. The molecule has 0 aliphatic rings. The van der Waals surface area contributed by atoms with E-state index in [4.69, 9.17) is 0 Å². The zero-order chi connectivity index (χ0) is 13.3. The molecule has 0 amide bonds. The van der Waals surface area contributed by atoms with E-state index >= 15 is 0 Å². The molecule has 0 heteroatoms. The van der Waals surface area contributed by atoms with Crippen LogP contribution in [0, 0.1) is 0 Å². The number of hydrogen-bond donors (Lipinski definition) is 0. The highest BCUT2D eigenvalue weighted by molar-refractivity contribution is 5.81. The van der Waals surface area contributed by atoms with Gasteiger partial charge in [-0.3, -0.25) is 0 Å². The van der Waals surface area contributed by atoms with Gasteiger partial charge in [0.05, 0.1) is 0 Å². The van der Waals surface area contributed by atoms with Gasteiger partial charge in [-0.1, -0.05) is 92.2 Å². The molecule has 0 saturated heterocycles. The van der Waals surface area contributed by atoms with Gasteiger partial charge in [-0.25, -0.2) is 0 Å². The van der Waals surface area contributed by atoms with Crippen LogP contribution >= 0.6 is 0 Å². The van der Waals surface area contributed by atoms with E-state index in [-0.39, 0.29) is 0 Å². The SMILES string of the molecule is CCCc1ccccc1.c1ccc2ccccc2c1. The summed E-state index contributed by atoms with van der Waals surface area (Å²) in [6, 6.07) is 27.3. The maximum Gasteiger partial charge on any atom is -0.0184 e. The average Bonchev–Trinajstić information content (AvgIpc) is 2.50. The molecule has 0 nitrogen and oxygen atoms in total. The summed E-state index contributed by atoms with van der Waals surface area (Å²) in [6.07, 6.45) is 2.45. The normalized spacial score (nSPS) is 9.74. The summed E-state index contributed by atoms with van der Waals surface area (Å²) in [5, 5.41) is 2.62. The molecule has 3 aromatic rings. The van der Waals surface area contributed by atoms with Gasteiger partial charge < -0.3 is 0 Å². The first-order chi connectivity index (χ1) is 9.40. The van der Waals surface area contributed by atoms with Crippen LogP contribution in [0.15, 0.2) is 78.9 Å². The van der Waals surface area contributed by atoms with Crippen LogP contribution in [0.3, 0.4) is 0 Å². The molecule has 0 aliphatic heterocycles. The summed E-state index contributed by atoms with van der Waals surface area (Å²) in [7, 11) is 0. The van der Waals surface area contributed by atoms with Gasteiger partial charge in [0.2, 0.25) is 0 Å². The summed E-state index contributed by atoms with van der Waals surface area (Å²) in [5.74, 6) is 0. The van der Waals surface area contributed by atoms with Crippen molar-refractivity contribution in [2.45, 2.75) is 19.8 Å². The van der Waals surface area contributed by atoms with Crippen LogP contribution in [-0.4, -0.2) is 0 Å². The Hall–Kier alpha value is -2.08. The van der Waals surface area contributed by atoms with Gasteiger partial charge in [0.15, 0.2) is 0 Å². The highest BCUT2D eigenvalue weighted by atomic mass is 13.9. The van der Waals surface area contributed by atoms with Crippen LogP contribution in [0.1, 0.15) is 18.9 Å². The van der Waals surface area contributed by atoms with E-state index in [9.17, 15) is 0 Å². The molecule has 96 valence electrons. The summed E-state index contributed by atoms with van der Waals surface area (Å²) in [5.41, 5.74) is 1.44. The van der Waals surface area contributed by atoms with E-state index in [0.29, 0.717) is 0 Å². The molecule has 0 unspecified atom stereocenters. The number of benzene rings is 3. The summed E-state index contributed by atoms with van der Waals surface area (Å²) in [6.45, 7) is 2.20. The number of rotatable bonds is 2. The topological polar surface area (TPSA) is 0 Å². The third kappa shape index (κ3) is 4.26. The highest BCUT2D eigenvalue weighted by Crippen LogP contribution is 2.11. The molecule has 19 heavy (non-hydrogen) atoms. The van der Waals surface area contributed by atoms with Gasteiger partial charge >= 0.3 is 0 Å². The minimum absolute atomic E-state index is 1.21. The predicted octanol–water partition coefficient (Wildman–Crippen LogP) is 5.48. The molecule has 0 heterocycles. The van der Waals surface area contributed by atoms with E-state index in [1.165, 1.54) is 29.2 Å². The molecule has 0 saturated carbocycles. The molecule has 0 bridgehead atoms. The van der Waals surface area contributed by atoms with Crippen LogP contribution < -0.4 is 0 Å². The summed E-state index contributed by atoms with van der Waals surface area (Å²) >= 11 is 0. The second-order valence-electron chi connectivity index (χ2n) is 4.58. The third-order valence-electron chi connectivity index (χ3n) is 3.04. The fourth-order valence-electron chi connectivity index (χ4n) is 2.07. The number of hydrogen-bond acceptors (Lipinski definition) is 0. The van der Waals surface area contributed by atoms with E-state index < -0.39 is 0 Å². The molecule has 0 radical (unpaired) electrons. The van der Waals surface area contributed by atoms with Crippen molar-refractivity contribution in [3.63, 3.8) is 0 Å². The fraction of sp³-hybridized carbons (Fsp3) is 0.158. The van der Waals surface area contributed by atoms with Crippen LogP contribution in [0.5, 0.6) is 0 Å². The molecule has 0 spiro atoms. The van der Waals surface area contributed by atoms with Crippen molar-refractivity contribution >= 4 is 10.8 Å². The minimum Gasteiger partial charge on any atom is -0.0651 e. The Kier molecular flexibility index (Phi) is 5.18. The largest absolute Gasteiger partial charge is 0.0651 e. The second-order valence-corrected chi connectivity index (χ2v) is 4.58. The molecule has 0 N–H and O–H groups in total. The van der Waals surface area contributed by atoms with Crippen molar-refractivity contribution in [1.29, 1.82) is 0 Å². The third-order valence-corrected chi connectivity index (χ3v) is 3.04. The minimum atomic E-state index is 1.21. The number of fused-ring (bicyclic) bond motifs is 1. The van der Waals surface area contributed by atoms with Crippen molar-refractivity contribution in [1.82, 2.24) is 0 Å². The zero-order valence-corrected chi connectivity index (χ0v) is 11.4. The molecule has 0 aliphatic carbocycles. The standard InChI is InChI=1S/C10H8.C9H12/c1-2-6-10-8-4-3-7-9(10)5-1;1-2-6-9-7-4-3-5-8-9/h1-8H;3-5,7-8H,2,6H2,1H3. The van der Waals surface area contributed by atoms with Crippen LogP contribution in [0.4, 0.5) is 0 Å². The number of aryl methyl sites for hydroxylation is 1. The van der Waals surface area contributed by atoms with E-state index in [0.717, 1.165) is 0 Å². The Morgan fingerprint density at radius 3 is 1.42 bits per heavy atom. The van der Waals surface area contributed by atoms with Crippen LogP contribution in [0.25, 0.3) is 10.8 Å². The van der Waals surface area contributed by atoms with E-state index in [1.807, 2.05) is 0 Å². The first-order valence-electron chi connectivity index (χ1n) is 6.88. The molecular formula is C19H20. The second kappa shape index (κ2) is 7.38. The van der Waals surface area contributed by atoms with Gasteiger partial charge in [-0.15, -0.1) is 0 Å². The van der Waals surface area contributed by atoms with Gasteiger partial charge in [-0.05, 0) is 22.8 Å². The Morgan fingerprint density at radius 2 is 1.00 bits per heavy atom. The lowest BCUT2D eigenvalue weighted by Gasteiger charge is -1.93. The molecule has 0 fully saturated rings. The Morgan fingerprint density at radius 1 is 0.579 bits per heavy atom. The Labute approximate surface area is 115 Å². The Balaban J connectivity index is 0.000000141. The smallest absolute Gasteiger partial charge is 0.0184 e. The van der Waals surface area contributed by atoms with Gasteiger partial charge in [0.25, 0.3) is 0 Å². The lowest BCUT2D eigenvalue weighted by molar-refractivity contribution is 0.922. The van der Waals surface area contributed by atoms with Gasteiger partial charge in [0, 0.05) is 0 Å². The fourth-order valence-corrected chi connectivity index (χ4v) is 2.07. The lowest BCUT2D eigenvalue weighted by Crippen LogP contribution is -1.78. The molecular weight excluding hydrogens is 228 g/mol. The first kappa shape index (κ1) is 13.4. The monoisotopic (exact) mass is 248 g/mol. The lowest BCUT2D eigenvalue weighted by atomic mass is 10.1. The average molecular weight is 248 g/mol. The predicted molar refractivity (Wildman–Crippen MR) is 84.4 cm³/mol. The molecule has 3 rings (SSSR count). The van der Waals surface area contributed by atoms with Crippen molar-refractivity contribution in [3.8, 4) is 0 Å². The van der Waals surface area contributed by atoms with Crippen molar-refractivity contribution in [2.24, 2.45) is 0 Å². The van der Waals surface area contributed by atoms with Crippen molar-refractivity contribution in [2.75, 3.05) is 0 Å². The molecule has 0 aromatic heterocycles. The maximum absolute atomic E-state index is 2.20. The zero-order valence-electron chi connectivity index (χ0n) is 11.4. The van der Waals surface area contributed by atoms with Crippen LogP contribution in [0.2, 0.25) is 0 Å². The van der Waals surface area contributed by atoms with Gasteiger partial charge in [0.1, 0.15) is 0 Å². The van der Waals surface area contributed by atoms with Crippen molar-refractivity contribution in [3.05, 3.63) is 84.4 Å². The highest BCUT2D eigenvalue weighted by Gasteiger charge is 1.85. The maximum atomic E-state index is 2.20.